The second-order valence-electron chi connectivity index (χ2n) is 7.74. The molecule has 0 bridgehead atoms. The molecule has 1 amide bonds. The Kier molecular flexibility index (Phi) is 10.3. The Hall–Kier alpha value is -2.36. The third-order valence-electron chi connectivity index (χ3n) is 5.24. The lowest BCUT2D eigenvalue weighted by atomic mass is 10.0. The summed E-state index contributed by atoms with van der Waals surface area (Å²) in [5.74, 6) is -0.512. The Morgan fingerprint density at radius 1 is 0.828 bits per heavy atom. The number of benzene rings is 2. The molecule has 0 aliphatic rings. The fourth-order valence-electron chi connectivity index (χ4n) is 3.53. The average Bonchev–Trinajstić information content (AvgIpc) is 2.74. The smallest absolute Gasteiger partial charge is 0.325 e. The average molecular weight is 398 g/mol. The van der Waals surface area contributed by atoms with Gasteiger partial charge < -0.3 is 9.64 Å². The predicted molar refractivity (Wildman–Crippen MR) is 119 cm³/mol. The lowest BCUT2D eigenvalue weighted by molar-refractivity contribution is -0.144. The minimum Gasteiger partial charge on any atom is -0.464 e. The molecule has 0 heterocycles. The van der Waals surface area contributed by atoms with Crippen LogP contribution in [0.15, 0.2) is 42.5 Å². The number of likely N-dealkylation sites (N-methyl/N-ethyl adjacent to an activating group) is 1. The summed E-state index contributed by atoms with van der Waals surface area (Å²) in [6.45, 7) is 2.64. The first kappa shape index (κ1) is 22.9. The second-order valence-corrected chi connectivity index (χ2v) is 7.74. The van der Waals surface area contributed by atoms with Crippen LogP contribution in [0, 0.1) is 0 Å². The van der Waals surface area contributed by atoms with Crippen LogP contribution in [0.5, 0.6) is 0 Å². The molecule has 4 heteroatoms. The van der Waals surface area contributed by atoms with E-state index in [0.717, 1.165) is 23.6 Å². The van der Waals surface area contributed by atoms with Gasteiger partial charge in [0.1, 0.15) is 6.54 Å². The van der Waals surface area contributed by atoms with Gasteiger partial charge in [-0.3, -0.25) is 9.59 Å². The van der Waals surface area contributed by atoms with Crippen LogP contribution < -0.4 is 0 Å². The zero-order valence-electron chi connectivity index (χ0n) is 18.0. The Morgan fingerprint density at radius 2 is 1.45 bits per heavy atom. The summed E-state index contributed by atoms with van der Waals surface area (Å²) >= 11 is 0. The molecule has 29 heavy (non-hydrogen) atoms. The van der Waals surface area contributed by atoms with E-state index in [1.54, 1.807) is 13.1 Å². The molecule has 0 unspecified atom stereocenters. The van der Waals surface area contributed by atoms with Gasteiger partial charge in [0.05, 0.1) is 6.61 Å². The molecule has 0 saturated heterocycles. The number of hydrogen-bond donors (Lipinski definition) is 0. The van der Waals surface area contributed by atoms with E-state index in [1.165, 1.54) is 49.8 Å². The number of amides is 1. The molecule has 158 valence electrons. The first-order valence-corrected chi connectivity index (χ1v) is 11.0. The SMILES string of the molecule is CCCCCCCCCCCOC(=O)CN(C)C(=O)c1cccc2ccccc12. The van der Waals surface area contributed by atoms with Crippen molar-refractivity contribution < 1.29 is 14.3 Å². The predicted octanol–water partition coefficient (Wildman–Crippen LogP) is 5.99. The van der Waals surface area contributed by atoms with Crippen molar-refractivity contribution in [3.05, 3.63) is 48.0 Å². The zero-order chi connectivity index (χ0) is 20.9. The fourth-order valence-corrected chi connectivity index (χ4v) is 3.53. The van der Waals surface area contributed by atoms with Gasteiger partial charge in [-0.1, -0.05) is 94.7 Å². The van der Waals surface area contributed by atoms with Crippen LogP contribution in [0.1, 0.15) is 75.1 Å². The van der Waals surface area contributed by atoms with Crippen molar-refractivity contribution in [2.24, 2.45) is 0 Å². The van der Waals surface area contributed by atoms with Gasteiger partial charge in [0.2, 0.25) is 0 Å². The zero-order valence-corrected chi connectivity index (χ0v) is 18.0. The molecule has 4 nitrogen and oxygen atoms in total. The van der Waals surface area contributed by atoms with Gasteiger partial charge >= 0.3 is 5.97 Å². The van der Waals surface area contributed by atoms with Gasteiger partial charge in [-0.2, -0.15) is 0 Å². The number of rotatable bonds is 13. The van der Waals surface area contributed by atoms with Crippen molar-refractivity contribution in [1.82, 2.24) is 4.90 Å². The highest BCUT2D eigenvalue weighted by Gasteiger charge is 2.17. The molecule has 0 saturated carbocycles. The van der Waals surface area contributed by atoms with Crippen LogP contribution in [-0.2, 0) is 9.53 Å². The molecule has 0 aliphatic heterocycles. The van der Waals surface area contributed by atoms with Crippen LogP contribution in [0.2, 0.25) is 0 Å². The number of hydrogen-bond acceptors (Lipinski definition) is 3. The minimum absolute atomic E-state index is 0.0283. The molecule has 0 aliphatic carbocycles. The number of nitrogens with zero attached hydrogens (tertiary/aromatic N) is 1. The number of carbonyl (C=O) groups excluding carboxylic acids is 2. The summed E-state index contributed by atoms with van der Waals surface area (Å²) in [7, 11) is 1.64. The van der Waals surface area contributed by atoms with Gasteiger partial charge in [0.15, 0.2) is 0 Å². The van der Waals surface area contributed by atoms with E-state index in [1.807, 2.05) is 36.4 Å². The third kappa shape index (κ3) is 7.88. The van der Waals surface area contributed by atoms with Crippen LogP contribution in [0.3, 0.4) is 0 Å². The van der Waals surface area contributed by atoms with Crippen molar-refractivity contribution >= 4 is 22.6 Å². The number of esters is 1. The first-order chi connectivity index (χ1) is 14.1. The number of carbonyl (C=O) groups is 2. The highest BCUT2D eigenvalue weighted by molar-refractivity contribution is 6.07. The summed E-state index contributed by atoms with van der Waals surface area (Å²) in [5, 5.41) is 1.91. The highest BCUT2D eigenvalue weighted by atomic mass is 16.5. The maximum atomic E-state index is 12.8. The Bertz CT molecular complexity index is 766. The molecule has 2 rings (SSSR count). The topological polar surface area (TPSA) is 46.6 Å². The second kappa shape index (κ2) is 13.0. The minimum atomic E-state index is -0.347. The molecule has 0 radical (unpaired) electrons. The standard InChI is InChI=1S/C25H35NO3/c1-3-4-5-6-7-8-9-10-13-19-29-24(27)20-26(2)25(28)23-18-14-16-21-15-11-12-17-22(21)23/h11-12,14-18H,3-10,13,19-20H2,1-2H3. The molecule has 0 N–H and O–H groups in total. The summed E-state index contributed by atoms with van der Waals surface area (Å²) < 4.78 is 5.31. The van der Waals surface area contributed by atoms with Crippen LogP contribution in [-0.4, -0.2) is 37.0 Å². The number of unbranched alkanes of at least 4 members (excludes halogenated alkanes) is 8. The normalized spacial score (nSPS) is 10.8. The van der Waals surface area contributed by atoms with Crippen LogP contribution in [0.25, 0.3) is 10.8 Å². The first-order valence-electron chi connectivity index (χ1n) is 11.0. The largest absolute Gasteiger partial charge is 0.464 e. The van der Waals surface area contributed by atoms with Gasteiger partial charge in [-0.15, -0.1) is 0 Å². The Labute approximate surface area is 175 Å². The van der Waals surface area contributed by atoms with Crippen molar-refractivity contribution in [2.75, 3.05) is 20.2 Å². The van der Waals surface area contributed by atoms with Crippen LogP contribution in [0.4, 0.5) is 0 Å². The van der Waals surface area contributed by atoms with Crippen molar-refractivity contribution in [3.63, 3.8) is 0 Å². The third-order valence-corrected chi connectivity index (χ3v) is 5.24. The van der Waals surface area contributed by atoms with Crippen molar-refractivity contribution in [1.29, 1.82) is 0 Å². The van der Waals surface area contributed by atoms with E-state index in [4.69, 9.17) is 4.74 Å². The van der Waals surface area contributed by atoms with E-state index in [9.17, 15) is 9.59 Å². The lowest BCUT2D eigenvalue weighted by Crippen LogP contribution is -2.33. The van der Waals surface area contributed by atoms with E-state index in [-0.39, 0.29) is 18.4 Å². The maximum Gasteiger partial charge on any atom is 0.325 e. The summed E-state index contributed by atoms with van der Waals surface area (Å²) in [4.78, 5) is 26.3. The van der Waals surface area contributed by atoms with Gasteiger partial charge in [0.25, 0.3) is 5.91 Å². The molecule has 0 spiro atoms. The van der Waals surface area contributed by atoms with E-state index < -0.39 is 0 Å². The molecule has 0 aromatic heterocycles. The fraction of sp³-hybridized carbons (Fsp3) is 0.520. The van der Waals surface area contributed by atoms with Crippen molar-refractivity contribution in [2.45, 2.75) is 64.7 Å². The van der Waals surface area contributed by atoms with E-state index in [2.05, 4.69) is 6.92 Å². The maximum absolute atomic E-state index is 12.8. The Balaban J connectivity index is 1.65. The van der Waals surface area contributed by atoms with Gasteiger partial charge in [-0.05, 0) is 23.3 Å². The molecular formula is C25H35NO3. The van der Waals surface area contributed by atoms with Crippen LogP contribution >= 0.6 is 0 Å². The summed E-state index contributed by atoms with van der Waals surface area (Å²) in [6.07, 6.45) is 11.1. The molecule has 0 fully saturated rings. The quantitative estimate of drug-likeness (QED) is 0.308. The monoisotopic (exact) mass is 397 g/mol. The van der Waals surface area contributed by atoms with E-state index in [0.29, 0.717) is 12.2 Å². The van der Waals surface area contributed by atoms with Gasteiger partial charge in [0, 0.05) is 12.6 Å². The summed E-state index contributed by atoms with van der Waals surface area (Å²) in [5.41, 5.74) is 0.609. The molecule has 2 aromatic carbocycles. The van der Waals surface area contributed by atoms with E-state index >= 15 is 0 Å². The van der Waals surface area contributed by atoms with Crippen molar-refractivity contribution in [3.8, 4) is 0 Å². The number of ether oxygens (including phenoxy) is 1. The molecule has 2 aromatic rings. The number of fused-ring (bicyclic) bond motifs is 1. The molecular weight excluding hydrogens is 362 g/mol. The lowest BCUT2D eigenvalue weighted by Gasteiger charge is -2.17. The Morgan fingerprint density at radius 3 is 2.17 bits per heavy atom. The summed E-state index contributed by atoms with van der Waals surface area (Å²) in [6, 6.07) is 13.4. The molecule has 0 atom stereocenters. The van der Waals surface area contributed by atoms with Gasteiger partial charge in [-0.25, -0.2) is 0 Å². The highest BCUT2D eigenvalue weighted by Crippen LogP contribution is 2.19.